The van der Waals surface area contributed by atoms with E-state index >= 15 is 0 Å². The van der Waals surface area contributed by atoms with Crippen molar-refractivity contribution in [1.29, 1.82) is 0 Å². The fraction of sp³-hybridized carbons (Fsp3) is 0.375. The first-order chi connectivity index (χ1) is 14.8. The lowest BCUT2D eigenvalue weighted by atomic mass is 9.81. The Labute approximate surface area is 182 Å². The van der Waals surface area contributed by atoms with Gasteiger partial charge in [0.15, 0.2) is 0 Å². The van der Waals surface area contributed by atoms with Gasteiger partial charge in [-0.3, -0.25) is 4.89 Å². The smallest absolute Gasteiger partial charge is 0.438 e. The van der Waals surface area contributed by atoms with Crippen LogP contribution in [0.2, 0.25) is 0 Å². The summed E-state index contributed by atoms with van der Waals surface area (Å²) >= 11 is 0. The minimum absolute atomic E-state index is 0.142. The van der Waals surface area contributed by atoms with Crippen LogP contribution in [0.4, 0.5) is 10.5 Å². The number of allylic oxidation sites excluding steroid dienone is 1. The molecule has 2 aromatic rings. The van der Waals surface area contributed by atoms with E-state index in [1.807, 2.05) is 18.2 Å². The second-order valence-electron chi connectivity index (χ2n) is 8.29. The minimum Gasteiger partial charge on any atom is -0.496 e. The maximum atomic E-state index is 11.3. The Morgan fingerprint density at radius 3 is 2.77 bits per heavy atom. The molecule has 2 aliphatic rings. The molecule has 2 heterocycles. The Balaban J connectivity index is 1.78. The van der Waals surface area contributed by atoms with Crippen LogP contribution in [0.3, 0.4) is 0 Å². The van der Waals surface area contributed by atoms with Crippen LogP contribution in [0.15, 0.2) is 36.4 Å². The average molecular weight is 424 g/mol. The first-order valence-electron chi connectivity index (χ1n) is 10.3. The molecule has 2 N–H and O–H groups in total. The molecule has 1 unspecified atom stereocenters. The molecule has 2 aromatic carbocycles. The molecular weight excluding hydrogens is 396 g/mol. The van der Waals surface area contributed by atoms with Gasteiger partial charge in [-0.15, -0.1) is 0 Å². The van der Waals surface area contributed by atoms with Gasteiger partial charge in [-0.1, -0.05) is 18.2 Å². The second kappa shape index (κ2) is 8.15. The third-order valence-electron chi connectivity index (χ3n) is 5.54. The highest BCUT2D eigenvalue weighted by Crippen LogP contribution is 2.52. The lowest BCUT2D eigenvalue weighted by Gasteiger charge is -2.37. The Morgan fingerprint density at radius 2 is 2.03 bits per heavy atom. The number of amides is 1. The number of rotatable bonds is 5. The van der Waals surface area contributed by atoms with Gasteiger partial charge in [0.25, 0.3) is 0 Å². The van der Waals surface area contributed by atoms with Gasteiger partial charge < -0.3 is 20.1 Å². The van der Waals surface area contributed by atoms with Crippen molar-refractivity contribution in [1.82, 2.24) is 5.32 Å². The molecule has 1 amide bonds. The molecule has 0 saturated carbocycles. The summed E-state index contributed by atoms with van der Waals surface area (Å²) in [6, 6.07) is 10.0. The van der Waals surface area contributed by atoms with E-state index in [1.165, 1.54) is 12.6 Å². The van der Waals surface area contributed by atoms with Gasteiger partial charge in [0.1, 0.15) is 17.6 Å². The Morgan fingerprint density at radius 1 is 1.23 bits per heavy atom. The zero-order valence-corrected chi connectivity index (χ0v) is 18.5. The summed E-state index contributed by atoms with van der Waals surface area (Å²) in [5, 5.41) is 5.96. The van der Waals surface area contributed by atoms with Crippen molar-refractivity contribution < 1.29 is 24.0 Å². The van der Waals surface area contributed by atoms with Crippen molar-refractivity contribution in [2.24, 2.45) is 0 Å². The largest absolute Gasteiger partial charge is 0.496 e. The fourth-order valence-corrected chi connectivity index (χ4v) is 4.45. The highest BCUT2D eigenvalue weighted by molar-refractivity contribution is 5.91. The number of carbonyl (C=O) groups excluding carboxylic acids is 1. The summed E-state index contributed by atoms with van der Waals surface area (Å²) in [5.41, 5.74) is 6.34. The van der Waals surface area contributed by atoms with Crippen molar-refractivity contribution in [3.63, 3.8) is 0 Å². The molecule has 0 aromatic heterocycles. The van der Waals surface area contributed by atoms with Gasteiger partial charge in [-0.25, -0.2) is 4.79 Å². The van der Waals surface area contributed by atoms with E-state index in [-0.39, 0.29) is 18.2 Å². The number of hydrogen-bond acceptors (Lipinski definition) is 6. The summed E-state index contributed by atoms with van der Waals surface area (Å²) < 4.78 is 12.1. The number of carbonyl (C=O) groups is 1. The van der Waals surface area contributed by atoms with E-state index in [2.05, 4.69) is 54.5 Å². The van der Waals surface area contributed by atoms with Crippen LogP contribution in [0.25, 0.3) is 16.7 Å². The van der Waals surface area contributed by atoms with Gasteiger partial charge in [-0.05, 0) is 50.1 Å². The summed E-state index contributed by atoms with van der Waals surface area (Å²) in [6.45, 7) is 6.62. The quantitative estimate of drug-likeness (QED) is 0.396. The van der Waals surface area contributed by atoms with Crippen LogP contribution in [-0.2, 0) is 9.78 Å². The van der Waals surface area contributed by atoms with Crippen molar-refractivity contribution in [2.45, 2.75) is 38.8 Å². The maximum absolute atomic E-state index is 11.3. The second-order valence-corrected chi connectivity index (χ2v) is 8.29. The molecule has 2 aliphatic heterocycles. The van der Waals surface area contributed by atoms with E-state index in [0.717, 1.165) is 39.4 Å². The number of benzene rings is 2. The van der Waals surface area contributed by atoms with Gasteiger partial charge >= 0.3 is 6.09 Å². The highest BCUT2D eigenvalue weighted by atomic mass is 17.2. The Hall–Kier alpha value is -3.19. The molecule has 0 spiro atoms. The standard InChI is InChI=1S/C24H28N2O5/c1-14-13-24(2,3)26-16-10-9-15-21-17(28-5)7-6-8-18(21)30-19(22(15)20(14)16)11-12-29-31-23(27)25-4/h6-10,13,19,26H,11-12H2,1-5H3,(H,25,27). The molecule has 0 fully saturated rings. The molecule has 31 heavy (non-hydrogen) atoms. The number of anilines is 1. The zero-order valence-electron chi connectivity index (χ0n) is 18.5. The molecule has 7 nitrogen and oxygen atoms in total. The van der Waals surface area contributed by atoms with E-state index in [9.17, 15) is 4.79 Å². The number of ether oxygens (including phenoxy) is 2. The molecular formula is C24H28N2O5. The first-order valence-corrected chi connectivity index (χ1v) is 10.3. The maximum Gasteiger partial charge on any atom is 0.438 e. The third kappa shape index (κ3) is 3.93. The van der Waals surface area contributed by atoms with Crippen LogP contribution in [-0.4, -0.2) is 32.4 Å². The van der Waals surface area contributed by atoms with Crippen molar-refractivity contribution in [3.05, 3.63) is 47.5 Å². The van der Waals surface area contributed by atoms with Crippen LogP contribution in [0.5, 0.6) is 11.5 Å². The topological polar surface area (TPSA) is 78.1 Å². The van der Waals surface area contributed by atoms with Gasteiger partial charge in [0, 0.05) is 30.3 Å². The normalized spacial score (nSPS) is 17.7. The molecule has 0 radical (unpaired) electrons. The van der Waals surface area contributed by atoms with E-state index in [4.69, 9.17) is 14.4 Å². The van der Waals surface area contributed by atoms with Gasteiger partial charge in [0.2, 0.25) is 0 Å². The van der Waals surface area contributed by atoms with Crippen LogP contribution >= 0.6 is 0 Å². The van der Waals surface area contributed by atoms with E-state index in [1.54, 1.807) is 7.11 Å². The minimum atomic E-state index is -0.636. The molecule has 0 saturated heterocycles. The third-order valence-corrected chi connectivity index (χ3v) is 5.54. The molecule has 0 bridgehead atoms. The molecule has 7 heteroatoms. The number of fused-ring (bicyclic) bond motifs is 5. The van der Waals surface area contributed by atoms with Gasteiger partial charge in [0.05, 0.1) is 24.8 Å². The zero-order chi connectivity index (χ0) is 22.2. The Kier molecular flexibility index (Phi) is 5.54. The number of hydrogen-bond donors (Lipinski definition) is 2. The van der Waals surface area contributed by atoms with Crippen LogP contribution < -0.4 is 20.1 Å². The molecule has 1 atom stereocenters. The predicted octanol–water partition coefficient (Wildman–Crippen LogP) is 5.08. The Bertz CT molecular complexity index is 1040. The summed E-state index contributed by atoms with van der Waals surface area (Å²) in [4.78, 5) is 21.1. The summed E-state index contributed by atoms with van der Waals surface area (Å²) in [6.07, 6.45) is 1.83. The summed E-state index contributed by atoms with van der Waals surface area (Å²) in [7, 11) is 3.14. The van der Waals surface area contributed by atoms with Crippen molar-refractivity contribution in [3.8, 4) is 22.6 Å². The van der Waals surface area contributed by atoms with Crippen LogP contribution in [0.1, 0.15) is 44.4 Å². The van der Waals surface area contributed by atoms with E-state index in [0.29, 0.717) is 6.42 Å². The van der Waals surface area contributed by atoms with Crippen molar-refractivity contribution in [2.75, 3.05) is 26.1 Å². The lowest BCUT2D eigenvalue weighted by molar-refractivity contribution is -0.241. The van der Waals surface area contributed by atoms with E-state index < -0.39 is 6.09 Å². The van der Waals surface area contributed by atoms with Gasteiger partial charge in [-0.2, -0.15) is 4.89 Å². The number of methoxy groups -OCH3 is 1. The number of nitrogens with one attached hydrogen (secondary N) is 2. The molecule has 4 rings (SSSR count). The molecule has 164 valence electrons. The summed E-state index contributed by atoms with van der Waals surface area (Å²) in [5.74, 6) is 1.52. The molecule has 0 aliphatic carbocycles. The van der Waals surface area contributed by atoms with Crippen LogP contribution in [0, 0.1) is 0 Å². The lowest BCUT2D eigenvalue weighted by Crippen LogP contribution is -2.32. The first kappa shape index (κ1) is 21.1. The monoisotopic (exact) mass is 424 g/mol. The van der Waals surface area contributed by atoms with Crippen molar-refractivity contribution >= 4 is 17.4 Å². The highest BCUT2D eigenvalue weighted by Gasteiger charge is 2.34. The SMILES string of the molecule is CNC(=O)OOCCC1Oc2cccc(OC)c2-c2ccc3c(c21)C(C)=CC(C)(C)N3. The predicted molar refractivity (Wildman–Crippen MR) is 119 cm³/mol. The fourth-order valence-electron chi connectivity index (χ4n) is 4.45. The average Bonchev–Trinajstić information content (AvgIpc) is 2.74.